The Kier molecular flexibility index (Phi) is 6.22. The Labute approximate surface area is 190 Å². The molecule has 2 aliphatic rings. The molecule has 1 aromatic carbocycles. The second-order valence-electron chi connectivity index (χ2n) is 9.37. The number of hydrogen-bond donors (Lipinski definition) is 0. The van der Waals surface area contributed by atoms with Crippen LogP contribution in [0.4, 0.5) is 4.79 Å². The zero-order chi connectivity index (χ0) is 21.5. The number of carbonyl (C=O) groups is 1. The Morgan fingerprint density at radius 1 is 1.17 bits per heavy atom. The summed E-state index contributed by atoms with van der Waals surface area (Å²) in [5.41, 5.74) is -0.363. The molecule has 1 aliphatic heterocycles. The van der Waals surface area contributed by atoms with Crippen LogP contribution in [0.3, 0.4) is 0 Å². The summed E-state index contributed by atoms with van der Waals surface area (Å²) in [5, 5.41) is 2.22. The molecule has 7 heteroatoms. The quantitative estimate of drug-likeness (QED) is 0.551. The predicted molar refractivity (Wildman–Crippen MR) is 125 cm³/mol. The predicted octanol–water partition coefficient (Wildman–Crippen LogP) is 5.67. The van der Waals surface area contributed by atoms with E-state index in [2.05, 4.69) is 28.2 Å². The molecule has 1 saturated carbocycles. The van der Waals surface area contributed by atoms with Gasteiger partial charge in [0.1, 0.15) is 5.60 Å². The van der Waals surface area contributed by atoms with Crippen molar-refractivity contribution in [3.63, 3.8) is 0 Å². The molecule has 0 radical (unpaired) electrons. The number of halogens is 1. The van der Waals surface area contributed by atoms with Gasteiger partial charge in [-0.05, 0) is 70.6 Å². The molecule has 1 aromatic heterocycles. The van der Waals surface area contributed by atoms with Crippen LogP contribution in [0.15, 0.2) is 38.6 Å². The van der Waals surface area contributed by atoms with Crippen LogP contribution in [0.1, 0.15) is 46.5 Å². The van der Waals surface area contributed by atoms with E-state index in [1.165, 1.54) is 12.8 Å². The summed E-state index contributed by atoms with van der Waals surface area (Å²) in [6.07, 6.45) is 6.11. The number of nitrogens with zero attached hydrogens (tertiary/aromatic N) is 2. The van der Waals surface area contributed by atoms with Gasteiger partial charge in [0.2, 0.25) is 0 Å². The smallest absolute Gasteiger partial charge is 0.410 e. The van der Waals surface area contributed by atoms with Crippen molar-refractivity contribution in [3.8, 4) is 0 Å². The number of aromatic nitrogens is 1. The first-order valence-corrected chi connectivity index (χ1v) is 12.3. The monoisotopic (exact) mass is 492 g/mol. The van der Waals surface area contributed by atoms with Crippen LogP contribution in [0.2, 0.25) is 0 Å². The minimum Gasteiger partial charge on any atom is -0.444 e. The average Bonchev–Trinajstić information content (AvgIpc) is 3.49. The minimum atomic E-state index is -0.468. The highest BCUT2D eigenvalue weighted by atomic mass is 79.9. The van der Waals surface area contributed by atoms with Gasteiger partial charge in [0.25, 0.3) is 5.56 Å². The summed E-state index contributed by atoms with van der Waals surface area (Å²) in [6, 6.07) is 5.93. The number of carbonyl (C=O) groups excluding carboxylic acids is 1. The number of likely N-dealkylation sites (tertiary alicyclic amines) is 1. The summed E-state index contributed by atoms with van der Waals surface area (Å²) in [7, 11) is 0. The van der Waals surface area contributed by atoms with Crippen molar-refractivity contribution in [1.29, 1.82) is 0 Å². The first-order chi connectivity index (χ1) is 14.2. The van der Waals surface area contributed by atoms with Crippen molar-refractivity contribution in [2.75, 3.05) is 13.1 Å². The maximum absolute atomic E-state index is 13.0. The van der Waals surface area contributed by atoms with Crippen molar-refractivity contribution in [2.45, 2.75) is 68.7 Å². The van der Waals surface area contributed by atoms with E-state index >= 15 is 0 Å². The Balaban J connectivity index is 1.51. The highest BCUT2D eigenvalue weighted by Crippen LogP contribution is 2.36. The molecule has 5 nitrogen and oxygen atoms in total. The van der Waals surface area contributed by atoms with E-state index in [1.807, 2.05) is 54.1 Å². The van der Waals surface area contributed by atoms with Crippen molar-refractivity contribution in [1.82, 2.24) is 9.47 Å². The van der Waals surface area contributed by atoms with Gasteiger partial charge in [0, 0.05) is 51.2 Å². The van der Waals surface area contributed by atoms with E-state index in [1.54, 1.807) is 0 Å². The first-order valence-electron chi connectivity index (χ1n) is 10.7. The van der Waals surface area contributed by atoms with Gasteiger partial charge < -0.3 is 14.2 Å². The molecule has 0 N–H and O–H groups in total. The van der Waals surface area contributed by atoms with Gasteiger partial charge in [0.15, 0.2) is 0 Å². The van der Waals surface area contributed by atoms with E-state index in [0.29, 0.717) is 24.3 Å². The second-order valence-corrected chi connectivity index (χ2v) is 11.6. The summed E-state index contributed by atoms with van der Waals surface area (Å²) in [4.78, 5) is 28.3. The normalized spacial score (nSPS) is 18.1. The van der Waals surface area contributed by atoms with Crippen molar-refractivity contribution in [2.24, 2.45) is 5.92 Å². The molecule has 0 atom stereocenters. The lowest BCUT2D eigenvalue weighted by molar-refractivity contribution is 0.0219. The van der Waals surface area contributed by atoms with Gasteiger partial charge in [-0.1, -0.05) is 15.9 Å². The van der Waals surface area contributed by atoms with Crippen LogP contribution in [-0.2, 0) is 11.3 Å². The molecule has 30 heavy (non-hydrogen) atoms. The molecule has 0 spiro atoms. The summed E-state index contributed by atoms with van der Waals surface area (Å²) >= 11 is 5.40. The number of hydrogen-bond acceptors (Lipinski definition) is 4. The SMILES string of the molecule is CC(C)(C)OC(=O)N1CCC(Sc2cn(CC3CC3)c(=O)c3ccc(Br)cc23)CC1. The first kappa shape index (κ1) is 21.8. The van der Waals surface area contributed by atoms with Crippen LogP contribution < -0.4 is 5.56 Å². The number of thioether (sulfide) groups is 1. The van der Waals surface area contributed by atoms with Gasteiger partial charge in [-0.2, -0.15) is 0 Å². The molecule has 0 bridgehead atoms. The summed E-state index contributed by atoms with van der Waals surface area (Å²) in [6.45, 7) is 7.91. The topological polar surface area (TPSA) is 51.5 Å². The van der Waals surface area contributed by atoms with Crippen molar-refractivity contribution >= 4 is 44.6 Å². The lowest BCUT2D eigenvalue weighted by Gasteiger charge is -2.33. The van der Waals surface area contributed by atoms with Crippen LogP contribution in [0.25, 0.3) is 10.8 Å². The number of amides is 1. The lowest BCUT2D eigenvalue weighted by atomic mass is 10.1. The molecular formula is C23H29BrN2O3S. The molecule has 0 unspecified atom stereocenters. The molecule has 1 saturated heterocycles. The number of benzene rings is 1. The summed E-state index contributed by atoms with van der Waals surface area (Å²) < 4.78 is 8.40. The third kappa shape index (κ3) is 5.22. The zero-order valence-corrected chi connectivity index (χ0v) is 20.2. The van der Waals surface area contributed by atoms with E-state index in [0.717, 1.165) is 39.5 Å². The van der Waals surface area contributed by atoms with Gasteiger partial charge in [-0.15, -0.1) is 11.8 Å². The van der Waals surface area contributed by atoms with Crippen molar-refractivity contribution < 1.29 is 9.53 Å². The maximum atomic E-state index is 13.0. The van der Waals surface area contributed by atoms with E-state index < -0.39 is 5.60 Å². The Morgan fingerprint density at radius 2 is 1.87 bits per heavy atom. The lowest BCUT2D eigenvalue weighted by Crippen LogP contribution is -2.42. The molecule has 2 heterocycles. The summed E-state index contributed by atoms with van der Waals surface area (Å²) in [5.74, 6) is 0.644. The molecule has 4 rings (SSSR count). The van der Waals surface area contributed by atoms with Gasteiger partial charge in [-0.25, -0.2) is 4.79 Å². The fraction of sp³-hybridized carbons (Fsp3) is 0.565. The molecule has 2 aromatic rings. The molecule has 162 valence electrons. The van der Waals surface area contributed by atoms with Crippen LogP contribution >= 0.6 is 27.7 Å². The molecule has 2 fully saturated rings. The van der Waals surface area contributed by atoms with E-state index in [9.17, 15) is 9.59 Å². The number of pyridine rings is 1. The van der Waals surface area contributed by atoms with Gasteiger partial charge in [0.05, 0.1) is 0 Å². The largest absolute Gasteiger partial charge is 0.444 e. The fourth-order valence-electron chi connectivity index (χ4n) is 3.80. The Morgan fingerprint density at radius 3 is 2.50 bits per heavy atom. The highest BCUT2D eigenvalue weighted by Gasteiger charge is 2.28. The number of fused-ring (bicyclic) bond motifs is 1. The maximum Gasteiger partial charge on any atom is 0.410 e. The minimum absolute atomic E-state index is 0.105. The van der Waals surface area contributed by atoms with Crippen LogP contribution in [0, 0.1) is 5.92 Å². The molecule has 1 amide bonds. The van der Waals surface area contributed by atoms with E-state index in [4.69, 9.17) is 4.74 Å². The Hall–Kier alpha value is -1.47. The number of rotatable bonds is 4. The van der Waals surface area contributed by atoms with Crippen LogP contribution in [-0.4, -0.2) is 39.5 Å². The Bertz CT molecular complexity index is 1000. The van der Waals surface area contributed by atoms with Gasteiger partial charge >= 0.3 is 6.09 Å². The molecule has 1 aliphatic carbocycles. The third-order valence-electron chi connectivity index (χ3n) is 5.55. The average molecular weight is 493 g/mol. The van der Waals surface area contributed by atoms with Crippen molar-refractivity contribution in [3.05, 3.63) is 39.2 Å². The van der Waals surface area contributed by atoms with E-state index in [-0.39, 0.29) is 11.7 Å². The number of ether oxygens (including phenoxy) is 1. The zero-order valence-electron chi connectivity index (χ0n) is 17.8. The third-order valence-corrected chi connectivity index (χ3v) is 7.43. The second kappa shape index (κ2) is 8.58. The molecular weight excluding hydrogens is 464 g/mol. The standard InChI is InChI=1S/C23H29BrN2O3S/c1-23(2,3)29-22(28)25-10-8-17(9-11-25)30-20-14-26(13-15-4-5-15)21(27)18-7-6-16(24)12-19(18)20/h6-7,12,14-15,17H,4-5,8-11,13H2,1-3H3. The van der Waals surface area contributed by atoms with Gasteiger partial charge in [-0.3, -0.25) is 4.79 Å². The highest BCUT2D eigenvalue weighted by molar-refractivity contribution is 9.10. The fourth-order valence-corrected chi connectivity index (χ4v) is 5.45. The number of piperidine rings is 1. The van der Waals surface area contributed by atoms with Crippen LogP contribution in [0.5, 0.6) is 0 Å².